The normalized spacial score (nSPS) is 27.1. The topological polar surface area (TPSA) is 48.3 Å². The summed E-state index contributed by atoms with van der Waals surface area (Å²) in [6.45, 7) is 5.85. The van der Waals surface area contributed by atoms with Crippen LogP contribution in [0.4, 0.5) is 0 Å². The molecule has 3 unspecified atom stereocenters. The number of aromatic nitrogens is 1. The van der Waals surface area contributed by atoms with Crippen LogP contribution in [0.15, 0.2) is 10.9 Å². The minimum atomic E-state index is -0.315. The Morgan fingerprint density at radius 3 is 2.67 bits per heavy atom. The van der Waals surface area contributed by atoms with Crippen molar-refractivity contribution in [2.24, 2.45) is 11.8 Å². The van der Waals surface area contributed by atoms with Crippen molar-refractivity contribution in [1.29, 1.82) is 0 Å². The maximum absolute atomic E-state index is 12.5. The van der Waals surface area contributed by atoms with Crippen LogP contribution in [0.25, 0.3) is 0 Å². The smallest absolute Gasteiger partial charge is 0.340 e. The Balaban J connectivity index is 2.06. The molecule has 4 heteroatoms. The lowest BCUT2D eigenvalue weighted by atomic mass is 9.94. The lowest BCUT2D eigenvalue weighted by Crippen LogP contribution is -2.32. The molecule has 2 aliphatic rings. The fourth-order valence-electron chi connectivity index (χ4n) is 4.35. The number of carbonyl (C=O) groups is 1. The van der Waals surface area contributed by atoms with Gasteiger partial charge in [-0.25, -0.2) is 4.79 Å². The van der Waals surface area contributed by atoms with Crippen LogP contribution < -0.4 is 5.56 Å². The molecule has 0 N–H and O–H groups in total. The Labute approximate surface area is 125 Å². The van der Waals surface area contributed by atoms with Gasteiger partial charge in [-0.2, -0.15) is 0 Å². The van der Waals surface area contributed by atoms with Gasteiger partial charge in [0.2, 0.25) is 0 Å². The van der Waals surface area contributed by atoms with Crippen molar-refractivity contribution < 1.29 is 9.53 Å². The van der Waals surface area contributed by atoms with Crippen LogP contribution in [-0.4, -0.2) is 17.1 Å². The maximum Gasteiger partial charge on any atom is 0.340 e. The number of aryl methyl sites for hydroxylation is 1. The molecular formula is C17H23NO3. The molecule has 1 aromatic rings. The molecular weight excluding hydrogens is 266 g/mol. The first kappa shape index (κ1) is 14.4. The molecule has 0 amide bonds. The van der Waals surface area contributed by atoms with Crippen LogP contribution in [0.5, 0.6) is 0 Å². The van der Waals surface area contributed by atoms with E-state index in [9.17, 15) is 9.59 Å². The van der Waals surface area contributed by atoms with Crippen molar-refractivity contribution in [3.05, 3.63) is 33.2 Å². The summed E-state index contributed by atoms with van der Waals surface area (Å²) in [5.74, 6) is 1.05. The average Bonchev–Trinajstić information content (AvgIpc) is 3.00. The molecule has 2 aliphatic carbocycles. The molecule has 1 aromatic heterocycles. The Kier molecular flexibility index (Phi) is 3.64. The van der Waals surface area contributed by atoms with Gasteiger partial charge < -0.3 is 9.30 Å². The number of ether oxygens (including phenoxy) is 1. The van der Waals surface area contributed by atoms with Gasteiger partial charge in [0.25, 0.3) is 5.56 Å². The van der Waals surface area contributed by atoms with E-state index >= 15 is 0 Å². The standard InChI is InChI=1S/C17H23NO3/c1-4-21-17(20)16-10(2)7-15(19)18(11(16)3)14-9-12-5-6-13(14)8-12/h7,12-14H,4-6,8-9H2,1-3H3. The second kappa shape index (κ2) is 5.32. The molecule has 4 nitrogen and oxygen atoms in total. The quantitative estimate of drug-likeness (QED) is 0.804. The summed E-state index contributed by atoms with van der Waals surface area (Å²) in [6, 6.07) is 1.86. The molecule has 0 aliphatic heterocycles. The Morgan fingerprint density at radius 2 is 2.10 bits per heavy atom. The van der Waals surface area contributed by atoms with E-state index in [1.54, 1.807) is 13.0 Å². The zero-order valence-corrected chi connectivity index (χ0v) is 13.0. The summed E-state index contributed by atoms with van der Waals surface area (Å²) in [7, 11) is 0. The van der Waals surface area contributed by atoms with Gasteiger partial charge >= 0.3 is 5.97 Å². The minimum absolute atomic E-state index is 0.0237. The van der Waals surface area contributed by atoms with Gasteiger partial charge in [0.05, 0.1) is 12.2 Å². The number of esters is 1. The first-order valence-corrected chi connectivity index (χ1v) is 7.92. The molecule has 0 spiro atoms. The lowest BCUT2D eigenvalue weighted by molar-refractivity contribution is 0.0523. The third-order valence-corrected chi connectivity index (χ3v) is 5.21. The molecule has 2 saturated carbocycles. The van der Waals surface area contributed by atoms with Crippen molar-refractivity contribution in [2.75, 3.05) is 6.61 Å². The van der Waals surface area contributed by atoms with Crippen molar-refractivity contribution in [3.63, 3.8) is 0 Å². The van der Waals surface area contributed by atoms with Crippen molar-refractivity contribution >= 4 is 5.97 Å². The highest BCUT2D eigenvalue weighted by Gasteiger charge is 2.41. The summed E-state index contributed by atoms with van der Waals surface area (Å²) in [5.41, 5.74) is 2.08. The highest BCUT2D eigenvalue weighted by Crippen LogP contribution is 2.50. The monoisotopic (exact) mass is 289 g/mol. The fraction of sp³-hybridized carbons (Fsp3) is 0.647. The number of pyridine rings is 1. The molecule has 0 radical (unpaired) electrons. The summed E-state index contributed by atoms with van der Waals surface area (Å²) in [4.78, 5) is 24.7. The van der Waals surface area contributed by atoms with Gasteiger partial charge in [-0.1, -0.05) is 6.42 Å². The number of hydrogen-bond acceptors (Lipinski definition) is 3. The highest BCUT2D eigenvalue weighted by molar-refractivity contribution is 5.92. The summed E-state index contributed by atoms with van der Waals surface area (Å²) in [6.07, 6.45) is 4.82. The Morgan fingerprint density at radius 1 is 1.33 bits per heavy atom. The first-order chi connectivity index (χ1) is 10.0. The zero-order chi connectivity index (χ0) is 15.1. The number of nitrogens with zero attached hydrogens (tertiary/aromatic N) is 1. The molecule has 3 atom stereocenters. The molecule has 2 fully saturated rings. The molecule has 114 valence electrons. The van der Waals surface area contributed by atoms with Gasteiger partial charge in [-0.05, 0) is 57.4 Å². The largest absolute Gasteiger partial charge is 0.462 e. The second-order valence-corrected chi connectivity index (χ2v) is 6.46. The predicted octanol–water partition coefficient (Wildman–Crippen LogP) is 3.00. The average molecular weight is 289 g/mol. The van der Waals surface area contributed by atoms with Crippen LogP contribution in [0.2, 0.25) is 0 Å². The number of fused-ring (bicyclic) bond motifs is 2. The third kappa shape index (κ3) is 2.30. The molecule has 2 bridgehead atoms. The number of carbonyl (C=O) groups excluding carboxylic acids is 1. The van der Waals surface area contributed by atoms with Crippen molar-refractivity contribution in [1.82, 2.24) is 4.57 Å². The summed E-state index contributed by atoms with van der Waals surface area (Å²) >= 11 is 0. The SMILES string of the molecule is CCOC(=O)c1c(C)cc(=O)n(C2CC3CCC2C3)c1C. The molecule has 21 heavy (non-hydrogen) atoms. The lowest BCUT2D eigenvalue weighted by Gasteiger charge is -2.27. The van der Waals surface area contributed by atoms with Crippen molar-refractivity contribution in [2.45, 2.75) is 52.5 Å². The second-order valence-electron chi connectivity index (χ2n) is 6.46. The summed E-state index contributed by atoms with van der Waals surface area (Å²) < 4.78 is 7.02. The molecule has 3 rings (SSSR count). The van der Waals surface area contributed by atoms with E-state index in [1.165, 1.54) is 19.3 Å². The summed E-state index contributed by atoms with van der Waals surface area (Å²) in [5, 5.41) is 0. The van der Waals surface area contributed by atoms with E-state index in [0.29, 0.717) is 18.1 Å². The van der Waals surface area contributed by atoms with Crippen LogP contribution in [-0.2, 0) is 4.74 Å². The van der Waals surface area contributed by atoms with Gasteiger partial charge in [-0.15, -0.1) is 0 Å². The number of rotatable bonds is 3. The van der Waals surface area contributed by atoms with Crippen LogP contribution in [0, 0.1) is 25.7 Å². The van der Waals surface area contributed by atoms with E-state index in [-0.39, 0.29) is 17.6 Å². The van der Waals surface area contributed by atoms with E-state index < -0.39 is 0 Å². The van der Waals surface area contributed by atoms with Gasteiger partial charge in [0.15, 0.2) is 0 Å². The molecule has 1 heterocycles. The Hall–Kier alpha value is -1.58. The fourth-order valence-corrected chi connectivity index (χ4v) is 4.35. The van der Waals surface area contributed by atoms with Gasteiger partial charge in [0, 0.05) is 17.8 Å². The molecule has 0 aromatic carbocycles. The first-order valence-electron chi connectivity index (χ1n) is 7.92. The maximum atomic E-state index is 12.5. The molecule has 0 saturated heterocycles. The third-order valence-electron chi connectivity index (χ3n) is 5.21. The van der Waals surface area contributed by atoms with Gasteiger partial charge in [-0.3, -0.25) is 4.79 Å². The van der Waals surface area contributed by atoms with E-state index in [4.69, 9.17) is 4.74 Å². The van der Waals surface area contributed by atoms with E-state index in [0.717, 1.165) is 23.6 Å². The van der Waals surface area contributed by atoms with Crippen LogP contribution in [0.1, 0.15) is 60.3 Å². The van der Waals surface area contributed by atoms with Gasteiger partial charge in [0.1, 0.15) is 0 Å². The zero-order valence-electron chi connectivity index (χ0n) is 13.0. The van der Waals surface area contributed by atoms with E-state index in [1.807, 2.05) is 18.4 Å². The van der Waals surface area contributed by atoms with Crippen LogP contribution >= 0.6 is 0 Å². The number of hydrogen-bond donors (Lipinski definition) is 0. The minimum Gasteiger partial charge on any atom is -0.462 e. The Bertz CT molecular complexity index is 632. The predicted molar refractivity (Wildman–Crippen MR) is 80.6 cm³/mol. The highest BCUT2D eigenvalue weighted by atomic mass is 16.5. The van der Waals surface area contributed by atoms with Crippen molar-refractivity contribution in [3.8, 4) is 0 Å². The van der Waals surface area contributed by atoms with Crippen LogP contribution in [0.3, 0.4) is 0 Å². The van der Waals surface area contributed by atoms with E-state index in [2.05, 4.69) is 0 Å².